The molecule has 0 saturated carbocycles. The van der Waals surface area contributed by atoms with Gasteiger partial charge in [0.25, 0.3) is 0 Å². The lowest BCUT2D eigenvalue weighted by Gasteiger charge is -1.96. The summed E-state index contributed by atoms with van der Waals surface area (Å²) in [6.07, 6.45) is 1.53. The van der Waals surface area contributed by atoms with Crippen molar-refractivity contribution in [2.45, 2.75) is 0 Å². The molecule has 0 unspecified atom stereocenters. The first-order chi connectivity index (χ1) is 6.72. The molecule has 0 N–H and O–H groups in total. The minimum atomic E-state index is -0.803. The lowest BCUT2D eigenvalue weighted by Crippen LogP contribution is -2.02. The number of rotatable bonds is 0. The van der Waals surface area contributed by atoms with E-state index in [2.05, 4.69) is 21.1 Å². The number of fused-ring (bicyclic) bond motifs is 1. The Balaban J connectivity index is 2.69. The van der Waals surface area contributed by atoms with Gasteiger partial charge in [0, 0.05) is 21.2 Å². The lowest BCUT2D eigenvalue weighted by molar-refractivity contribution is 0.251. The van der Waals surface area contributed by atoms with Crippen LogP contribution in [0, 0.1) is 4.91 Å². The molecule has 14 heavy (non-hydrogen) atoms. The van der Waals surface area contributed by atoms with Crippen molar-refractivity contribution in [1.29, 1.82) is 0 Å². The first-order valence-corrected chi connectivity index (χ1v) is 4.66. The number of hydrogen-bond acceptors (Lipinski definition) is 2. The fourth-order valence-electron chi connectivity index (χ4n) is 1.32. The first-order valence-electron chi connectivity index (χ1n) is 3.86. The molecule has 1 amide bonds. The zero-order valence-corrected chi connectivity index (χ0v) is 8.56. The summed E-state index contributed by atoms with van der Waals surface area (Å²) < 4.78 is 2.14. The molecule has 1 heterocycles. The van der Waals surface area contributed by atoms with Crippen LogP contribution < -0.4 is 0 Å². The Hall–Kier alpha value is -1.49. The maximum Gasteiger partial charge on any atom is 0.389 e. The molecule has 5 heteroatoms. The summed E-state index contributed by atoms with van der Waals surface area (Å²) in [7, 11) is 0. The van der Waals surface area contributed by atoms with Gasteiger partial charge in [0.05, 0.1) is 5.52 Å². The van der Waals surface area contributed by atoms with E-state index in [9.17, 15) is 9.70 Å². The smallest absolute Gasteiger partial charge is 0.265 e. The Morgan fingerprint density at radius 2 is 2.14 bits per heavy atom. The van der Waals surface area contributed by atoms with Crippen LogP contribution in [0.4, 0.5) is 4.79 Å². The van der Waals surface area contributed by atoms with Gasteiger partial charge in [-0.15, -0.1) is 4.91 Å². The van der Waals surface area contributed by atoms with Crippen LogP contribution >= 0.6 is 15.9 Å². The maximum atomic E-state index is 11.0. The van der Waals surface area contributed by atoms with Gasteiger partial charge in [-0.25, -0.2) is 4.79 Å². The van der Waals surface area contributed by atoms with Crippen molar-refractivity contribution in [3.8, 4) is 0 Å². The van der Waals surface area contributed by atoms with E-state index in [4.69, 9.17) is 0 Å². The number of amides is 1. The predicted molar refractivity (Wildman–Crippen MR) is 56.2 cm³/mol. The molecular formula is C9H5BrN2O2. The highest BCUT2D eigenvalue weighted by atomic mass is 79.9. The van der Waals surface area contributed by atoms with Crippen molar-refractivity contribution in [2.75, 3.05) is 0 Å². The van der Waals surface area contributed by atoms with Gasteiger partial charge in [-0.2, -0.15) is 0 Å². The molecule has 0 radical (unpaired) electrons. The zero-order chi connectivity index (χ0) is 10.1. The van der Waals surface area contributed by atoms with Crippen molar-refractivity contribution in [2.24, 2.45) is 5.18 Å². The largest absolute Gasteiger partial charge is 0.389 e. The number of nitroso groups, excluding NO2 is 1. The van der Waals surface area contributed by atoms with Crippen molar-refractivity contribution >= 4 is 32.9 Å². The van der Waals surface area contributed by atoms with Crippen molar-refractivity contribution < 1.29 is 4.79 Å². The fraction of sp³-hybridized carbons (Fsp3) is 0. The van der Waals surface area contributed by atoms with E-state index in [0.29, 0.717) is 5.52 Å². The molecule has 4 nitrogen and oxygen atoms in total. The molecule has 0 aliphatic rings. The zero-order valence-electron chi connectivity index (χ0n) is 6.98. The van der Waals surface area contributed by atoms with Crippen LogP contribution in [0.25, 0.3) is 10.9 Å². The van der Waals surface area contributed by atoms with Crippen molar-refractivity contribution in [3.63, 3.8) is 0 Å². The summed E-state index contributed by atoms with van der Waals surface area (Å²) in [6, 6.07) is 6.37. The van der Waals surface area contributed by atoms with E-state index >= 15 is 0 Å². The van der Waals surface area contributed by atoms with Crippen LogP contribution in [0.3, 0.4) is 0 Å². The molecule has 0 aliphatic heterocycles. The van der Waals surface area contributed by atoms with Gasteiger partial charge < -0.3 is 0 Å². The number of aromatic nitrogens is 1. The van der Waals surface area contributed by atoms with Crippen molar-refractivity contribution in [3.05, 3.63) is 39.8 Å². The Bertz CT molecular complexity index is 519. The average Bonchev–Trinajstić information content (AvgIpc) is 2.59. The van der Waals surface area contributed by atoms with Gasteiger partial charge >= 0.3 is 6.03 Å². The molecule has 1 aromatic carbocycles. The first kappa shape index (κ1) is 9.08. The second-order valence-electron chi connectivity index (χ2n) is 2.76. The Morgan fingerprint density at radius 1 is 1.36 bits per heavy atom. The Labute approximate surface area is 87.6 Å². The van der Waals surface area contributed by atoms with Gasteiger partial charge in [0.1, 0.15) is 0 Å². The summed E-state index contributed by atoms with van der Waals surface area (Å²) in [4.78, 5) is 21.1. The second-order valence-corrected chi connectivity index (χ2v) is 3.68. The van der Waals surface area contributed by atoms with E-state index < -0.39 is 6.03 Å². The third kappa shape index (κ3) is 1.35. The number of halogens is 1. The van der Waals surface area contributed by atoms with E-state index in [1.54, 1.807) is 18.2 Å². The molecule has 0 atom stereocenters. The monoisotopic (exact) mass is 252 g/mol. The molecule has 0 fully saturated rings. The molecule has 0 saturated heterocycles. The van der Waals surface area contributed by atoms with Gasteiger partial charge in [0.2, 0.25) is 0 Å². The fourth-order valence-corrected chi connectivity index (χ4v) is 1.70. The number of benzene rings is 1. The van der Waals surface area contributed by atoms with E-state index in [0.717, 1.165) is 9.86 Å². The highest BCUT2D eigenvalue weighted by Crippen LogP contribution is 2.20. The number of carbonyl (C=O) groups excluding carboxylic acids is 1. The summed E-state index contributed by atoms with van der Waals surface area (Å²) in [5, 5.41) is 3.25. The molecule has 70 valence electrons. The lowest BCUT2D eigenvalue weighted by atomic mass is 10.2. The van der Waals surface area contributed by atoms with Gasteiger partial charge in [-0.3, -0.25) is 4.57 Å². The molecule has 1 aromatic heterocycles. The van der Waals surface area contributed by atoms with Crippen LogP contribution in [0.1, 0.15) is 0 Å². The summed E-state index contributed by atoms with van der Waals surface area (Å²) in [6.45, 7) is 0. The van der Waals surface area contributed by atoms with Crippen LogP contribution in [0.5, 0.6) is 0 Å². The number of nitrogens with zero attached hydrogens (tertiary/aromatic N) is 2. The van der Waals surface area contributed by atoms with E-state index in [-0.39, 0.29) is 0 Å². The molecular weight excluding hydrogens is 248 g/mol. The summed E-state index contributed by atoms with van der Waals surface area (Å²) in [5.74, 6) is 0. The Morgan fingerprint density at radius 3 is 2.86 bits per heavy atom. The quantitative estimate of drug-likeness (QED) is 0.677. The van der Waals surface area contributed by atoms with Gasteiger partial charge in [-0.1, -0.05) is 15.9 Å². The van der Waals surface area contributed by atoms with Crippen LogP contribution in [0.15, 0.2) is 40.1 Å². The SMILES string of the molecule is O=NC(=O)n1ccc2cc(Br)ccc21. The third-order valence-corrected chi connectivity index (χ3v) is 2.43. The molecule has 0 aliphatic carbocycles. The topological polar surface area (TPSA) is 51.4 Å². The van der Waals surface area contributed by atoms with E-state index in [1.807, 2.05) is 6.07 Å². The molecule has 0 bridgehead atoms. The Kier molecular flexibility index (Phi) is 2.17. The molecule has 2 aromatic rings. The normalized spacial score (nSPS) is 10.4. The van der Waals surface area contributed by atoms with Crippen LogP contribution in [-0.4, -0.2) is 10.6 Å². The predicted octanol–water partition coefficient (Wildman–Crippen LogP) is 3.14. The molecule has 2 rings (SSSR count). The van der Waals surface area contributed by atoms with Crippen LogP contribution in [0.2, 0.25) is 0 Å². The van der Waals surface area contributed by atoms with E-state index in [1.165, 1.54) is 10.8 Å². The second kappa shape index (κ2) is 3.34. The third-order valence-electron chi connectivity index (χ3n) is 1.94. The van der Waals surface area contributed by atoms with Gasteiger partial charge in [0.15, 0.2) is 0 Å². The van der Waals surface area contributed by atoms with Gasteiger partial charge in [-0.05, 0) is 24.3 Å². The average molecular weight is 253 g/mol. The summed E-state index contributed by atoms with van der Waals surface area (Å²) in [5.41, 5.74) is 0.679. The highest BCUT2D eigenvalue weighted by Gasteiger charge is 2.08. The molecule has 0 spiro atoms. The number of hydrogen-bond donors (Lipinski definition) is 0. The standard InChI is InChI=1S/C9H5BrN2O2/c10-7-1-2-8-6(5-7)3-4-12(8)9(13)11-14/h1-5H. The summed E-state index contributed by atoms with van der Waals surface area (Å²) >= 11 is 3.32. The number of carbonyl (C=O) groups is 1. The maximum absolute atomic E-state index is 11.0. The van der Waals surface area contributed by atoms with Crippen molar-refractivity contribution in [1.82, 2.24) is 4.57 Å². The minimum absolute atomic E-state index is 0.679. The highest BCUT2D eigenvalue weighted by molar-refractivity contribution is 9.10. The van der Waals surface area contributed by atoms with Crippen LogP contribution in [-0.2, 0) is 0 Å². The minimum Gasteiger partial charge on any atom is -0.265 e.